The second-order valence-corrected chi connectivity index (χ2v) is 8.82. The number of fused-ring (bicyclic) bond motifs is 1. The first-order valence-electron chi connectivity index (χ1n) is 10.9. The summed E-state index contributed by atoms with van der Waals surface area (Å²) in [6, 6.07) is 18.7. The fourth-order valence-corrected chi connectivity index (χ4v) is 4.62. The van der Waals surface area contributed by atoms with E-state index in [1.807, 2.05) is 38.4 Å². The van der Waals surface area contributed by atoms with Crippen molar-refractivity contribution < 1.29 is 5.11 Å². The lowest BCUT2D eigenvalue weighted by Gasteiger charge is -2.14. The molecule has 0 aliphatic rings. The molecule has 0 bridgehead atoms. The summed E-state index contributed by atoms with van der Waals surface area (Å²) < 4.78 is 3.32. The molecule has 1 atom stereocenters. The van der Waals surface area contributed by atoms with Crippen LogP contribution in [0.15, 0.2) is 72.0 Å². The van der Waals surface area contributed by atoms with Crippen molar-refractivity contribution in [3.8, 4) is 0 Å². The molecule has 174 valence electrons. The minimum atomic E-state index is -0.585. The number of nitrogens with one attached hydrogen (secondary N) is 2. The molecule has 2 aromatic heterocycles. The lowest BCUT2D eigenvalue weighted by atomic mass is 10.1. The Hall–Kier alpha value is -2.43. The Labute approximate surface area is 215 Å². The third kappa shape index (κ3) is 6.78. The fraction of sp³-hybridized carbons (Fsp3) is 0.280. The van der Waals surface area contributed by atoms with E-state index in [1.165, 1.54) is 10.3 Å². The minimum absolute atomic E-state index is 0. The van der Waals surface area contributed by atoms with Crippen molar-refractivity contribution in [1.29, 1.82) is 0 Å². The molecule has 0 aliphatic carbocycles. The molecule has 0 saturated heterocycles. The number of hydrogen-bond donors (Lipinski definition) is 3. The Kier molecular flexibility index (Phi) is 9.28. The van der Waals surface area contributed by atoms with Gasteiger partial charge in [-0.1, -0.05) is 42.5 Å². The predicted molar refractivity (Wildman–Crippen MR) is 148 cm³/mol. The Morgan fingerprint density at radius 2 is 1.94 bits per heavy atom. The number of rotatable bonds is 8. The topological polar surface area (TPSA) is 74.5 Å². The molecule has 0 saturated carbocycles. The van der Waals surface area contributed by atoms with Crippen LogP contribution in [0.5, 0.6) is 0 Å². The number of halogens is 1. The maximum atomic E-state index is 10.7. The first-order valence-corrected chi connectivity index (χ1v) is 11.7. The van der Waals surface area contributed by atoms with Crippen LogP contribution in [0, 0.1) is 6.92 Å². The van der Waals surface area contributed by atoms with Gasteiger partial charge >= 0.3 is 0 Å². The highest BCUT2D eigenvalue weighted by Gasteiger charge is 2.12. The highest BCUT2D eigenvalue weighted by atomic mass is 127. The van der Waals surface area contributed by atoms with Gasteiger partial charge < -0.3 is 20.3 Å². The van der Waals surface area contributed by atoms with Gasteiger partial charge in [0.15, 0.2) is 5.96 Å². The zero-order valence-electron chi connectivity index (χ0n) is 18.9. The monoisotopic (exact) mass is 575 g/mol. The van der Waals surface area contributed by atoms with Gasteiger partial charge in [-0.3, -0.25) is 0 Å². The molecule has 3 N–H and O–H groups in total. The summed E-state index contributed by atoms with van der Waals surface area (Å²) in [4.78, 5) is 9.96. The van der Waals surface area contributed by atoms with Crippen LogP contribution in [0.3, 0.4) is 0 Å². The number of aromatic nitrogens is 2. The van der Waals surface area contributed by atoms with E-state index in [2.05, 4.69) is 62.6 Å². The Morgan fingerprint density at radius 1 is 1.12 bits per heavy atom. The average molecular weight is 576 g/mol. The van der Waals surface area contributed by atoms with Gasteiger partial charge in [-0.15, -0.1) is 35.3 Å². The van der Waals surface area contributed by atoms with Crippen molar-refractivity contribution in [2.45, 2.75) is 33.0 Å². The Balaban J connectivity index is 0.00000306. The molecule has 0 aliphatic heterocycles. The van der Waals surface area contributed by atoms with E-state index in [0.29, 0.717) is 19.0 Å². The molecule has 2 heterocycles. The molecule has 0 spiro atoms. The summed E-state index contributed by atoms with van der Waals surface area (Å²) in [5.41, 5.74) is 2.36. The van der Waals surface area contributed by atoms with Crippen molar-refractivity contribution in [3.63, 3.8) is 0 Å². The van der Waals surface area contributed by atoms with E-state index >= 15 is 0 Å². The van der Waals surface area contributed by atoms with Crippen LogP contribution in [0.1, 0.15) is 34.9 Å². The molecular formula is C25H30IN5OS. The Bertz CT molecular complexity index is 1170. The molecule has 4 rings (SSSR count). The number of thiophene rings is 1. The van der Waals surface area contributed by atoms with E-state index in [0.717, 1.165) is 34.7 Å². The number of aliphatic hydroxyl groups is 1. The van der Waals surface area contributed by atoms with Crippen LogP contribution < -0.4 is 10.6 Å². The maximum Gasteiger partial charge on any atom is 0.191 e. The van der Waals surface area contributed by atoms with Crippen molar-refractivity contribution in [3.05, 3.63) is 88.8 Å². The third-order valence-corrected chi connectivity index (χ3v) is 6.49. The van der Waals surface area contributed by atoms with Gasteiger partial charge in [-0.25, -0.2) is 9.98 Å². The van der Waals surface area contributed by atoms with Gasteiger partial charge in [-0.05, 0) is 42.5 Å². The van der Waals surface area contributed by atoms with Crippen LogP contribution in [-0.2, 0) is 13.1 Å². The van der Waals surface area contributed by atoms with Crippen LogP contribution in [0.25, 0.3) is 10.1 Å². The van der Waals surface area contributed by atoms with Crippen molar-refractivity contribution in [2.24, 2.45) is 4.99 Å². The van der Waals surface area contributed by atoms with Crippen molar-refractivity contribution in [1.82, 2.24) is 20.2 Å². The number of hydrogen-bond acceptors (Lipinski definition) is 4. The third-order valence-electron chi connectivity index (χ3n) is 5.27. The van der Waals surface area contributed by atoms with E-state index in [-0.39, 0.29) is 24.0 Å². The highest BCUT2D eigenvalue weighted by Crippen LogP contribution is 2.29. The number of aliphatic imine (C=N–C) groups is 1. The zero-order chi connectivity index (χ0) is 22.3. The molecule has 0 amide bonds. The first kappa shape index (κ1) is 25.2. The van der Waals surface area contributed by atoms with Gasteiger partial charge in [0.1, 0.15) is 11.9 Å². The molecule has 4 aromatic rings. The zero-order valence-corrected chi connectivity index (χ0v) is 22.0. The summed E-state index contributed by atoms with van der Waals surface area (Å²) in [6.07, 6.45) is 3.23. The summed E-state index contributed by atoms with van der Waals surface area (Å²) >= 11 is 1.63. The number of aryl methyl sites for hydroxylation is 1. The van der Waals surface area contributed by atoms with Gasteiger partial charge in [0.25, 0.3) is 0 Å². The lowest BCUT2D eigenvalue weighted by molar-refractivity contribution is 0.184. The normalized spacial score (nSPS) is 12.4. The van der Waals surface area contributed by atoms with Gasteiger partial charge in [0.2, 0.25) is 0 Å². The van der Waals surface area contributed by atoms with Gasteiger partial charge in [0.05, 0.1) is 6.54 Å². The summed E-state index contributed by atoms with van der Waals surface area (Å²) in [6.45, 7) is 6.56. The van der Waals surface area contributed by atoms with Crippen LogP contribution >= 0.6 is 35.3 Å². The SMILES string of the molecule is CCNC(=NCc1cccc(Cn2ccnc2C)c1)NCC(O)c1cc2ccccc2s1.I. The lowest BCUT2D eigenvalue weighted by Crippen LogP contribution is -2.39. The second-order valence-electron chi connectivity index (χ2n) is 7.70. The van der Waals surface area contributed by atoms with Crippen molar-refractivity contribution in [2.75, 3.05) is 13.1 Å². The number of imidazole rings is 1. The summed E-state index contributed by atoms with van der Waals surface area (Å²) in [5.74, 6) is 1.70. The molecule has 1 unspecified atom stereocenters. The van der Waals surface area contributed by atoms with Gasteiger partial charge in [0, 0.05) is 41.6 Å². The number of aliphatic hydroxyl groups excluding tert-OH is 1. The second kappa shape index (κ2) is 12.2. The quantitative estimate of drug-likeness (QED) is 0.159. The number of nitrogens with zero attached hydrogens (tertiary/aromatic N) is 3. The molecular weight excluding hydrogens is 545 g/mol. The molecule has 2 aromatic carbocycles. The first-order chi connectivity index (χ1) is 15.6. The summed E-state index contributed by atoms with van der Waals surface area (Å²) in [5, 5.41) is 18.4. The smallest absolute Gasteiger partial charge is 0.191 e. The van der Waals surface area contributed by atoms with Crippen LogP contribution in [0.4, 0.5) is 0 Å². The van der Waals surface area contributed by atoms with Crippen molar-refractivity contribution >= 4 is 51.4 Å². The Morgan fingerprint density at radius 3 is 2.70 bits per heavy atom. The minimum Gasteiger partial charge on any atom is -0.386 e. The number of benzene rings is 2. The summed E-state index contributed by atoms with van der Waals surface area (Å²) in [7, 11) is 0. The van der Waals surface area contributed by atoms with E-state index in [4.69, 9.17) is 4.99 Å². The maximum absolute atomic E-state index is 10.7. The van der Waals surface area contributed by atoms with E-state index < -0.39 is 6.10 Å². The molecule has 0 radical (unpaired) electrons. The highest BCUT2D eigenvalue weighted by molar-refractivity contribution is 14.0. The van der Waals surface area contributed by atoms with E-state index in [1.54, 1.807) is 11.3 Å². The number of guanidine groups is 1. The van der Waals surface area contributed by atoms with Crippen LogP contribution in [-0.4, -0.2) is 33.7 Å². The fourth-order valence-electron chi connectivity index (χ4n) is 3.57. The van der Waals surface area contributed by atoms with E-state index in [9.17, 15) is 5.11 Å². The molecule has 0 fully saturated rings. The largest absolute Gasteiger partial charge is 0.386 e. The molecule has 6 nitrogen and oxygen atoms in total. The molecule has 8 heteroatoms. The van der Waals surface area contributed by atoms with Gasteiger partial charge in [-0.2, -0.15) is 0 Å². The average Bonchev–Trinajstić information content (AvgIpc) is 3.42. The van der Waals surface area contributed by atoms with Crippen LogP contribution in [0.2, 0.25) is 0 Å². The predicted octanol–water partition coefficient (Wildman–Crippen LogP) is 4.86. The molecule has 33 heavy (non-hydrogen) atoms. The standard InChI is InChI=1S/C25H29N5OS.HI/c1-3-26-25(29-16-22(31)24-14-21-9-4-5-10-23(21)32-24)28-15-19-7-6-8-20(13-19)17-30-12-11-27-18(30)2;/h4-14,22,31H,3,15-17H2,1-2H3,(H2,26,28,29);1H.